The lowest BCUT2D eigenvalue weighted by Crippen LogP contribution is -2.15. The van der Waals surface area contributed by atoms with Crippen LogP contribution < -0.4 is 15.4 Å². The smallest absolute Gasteiger partial charge is 0.453 e. The maximum absolute atomic E-state index is 12.8. The maximum atomic E-state index is 12.8. The van der Waals surface area contributed by atoms with Gasteiger partial charge in [0.05, 0.1) is 6.54 Å². The number of nitrogens with one attached hydrogen (secondary N) is 2. The second-order valence-electron chi connectivity index (χ2n) is 5.91. The molecule has 0 aliphatic carbocycles. The minimum Gasteiger partial charge on any atom is -0.492 e. The zero-order chi connectivity index (χ0) is 20.3. The van der Waals surface area contributed by atoms with E-state index in [0.29, 0.717) is 29.5 Å². The molecule has 0 atom stereocenters. The Hall–Kier alpha value is -3.37. The molecule has 1 aromatic carbocycles. The second-order valence-corrected chi connectivity index (χ2v) is 5.91. The number of hydrogen-bond acceptors (Lipinski definition) is 6. The van der Waals surface area contributed by atoms with Crippen molar-refractivity contribution >= 4 is 23.2 Å². The van der Waals surface area contributed by atoms with Crippen LogP contribution in [0.3, 0.4) is 0 Å². The summed E-state index contributed by atoms with van der Waals surface area (Å²) in [5.41, 5.74) is 1.10. The molecule has 0 aliphatic heterocycles. The van der Waals surface area contributed by atoms with Gasteiger partial charge in [-0.25, -0.2) is 4.98 Å². The number of ether oxygens (including phenoxy) is 1. The maximum Gasteiger partial charge on any atom is 0.453 e. The number of carbonyl (C=O) groups excluding carboxylic acids is 1. The predicted molar refractivity (Wildman–Crippen MR) is 95.3 cm³/mol. The number of fused-ring (bicyclic) bond motifs is 1. The molecule has 2 N–H and O–H groups in total. The summed E-state index contributed by atoms with van der Waals surface area (Å²) in [5.74, 6) is -0.717. The van der Waals surface area contributed by atoms with Crippen LogP contribution in [-0.2, 0) is 11.0 Å². The van der Waals surface area contributed by atoms with Crippen LogP contribution in [0, 0.1) is 6.92 Å². The molecule has 0 bridgehead atoms. The molecule has 3 rings (SSSR count). The predicted octanol–water partition coefficient (Wildman–Crippen LogP) is 2.90. The van der Waals surface area contributed by atoms with Crippen LogP contribution in [0.1, 0.15) is 18.4 Å². The van der Waals surface area contributed by atoms with E-state index in [1.54, 1.807) is 37.3 Å². The van der Waals surface area contributed by atoms with Gasteiger partial charge < -0.3 is 15.4 Å². The summed E-state index contributed by atoms with van der Waals surface area (Å²) in [6.07, 6.45) is -4.65. The van der Waals surface area contributed by atoms with Crippen molar-refractivity contribution in [1.82, 2.24) is 19.6 Å². The summed E-state index contributed by atoms with van der Waals surface area (Å²) in [6.45, 7) is 3.58. The third-order valence-corrected chi connectivity index (χ3v) is 3.53. The van der Waals surface area contributed by atoms with Crippen LogP contribution in [0.2, 0.25) is 0 Å². The average molecular weight is 394 g/mol. The normalized spacial score (nSPS) is 11.5. The number of amides is 1. The Morgan fingerprint density at radius 2 is 2.04 bits per heavy atom. The number of anilines is 2. The molecule has 0 radical (unpaired) electrons. The van der Waals surface area contributed by atoms with Crippen molar-refractivity contribution in [3.8, 4) is 5.75 Å². The molecule has 0 aliphatic rings. The highest BCUT2D eigenvalue weighted by Crippen LogP contribution is 2.27. The number of rotatable bonds is 6. The van der Waals surface area contributed by atoms with E-state index in [-0.39, 0.29) is 18.3 Å². The highest BCUT2D eigenvalue weighted by atomic mass is 19.4. The van der Waals surface area contributed by atoms with Crippen LogP contribution >= 0.6 is 0 Å². The first-order valence-corrected chi connectivity index (χ1v) is 8.28. The van der Waals surface area contributed by atoms with Gasteiger partial charge in [0, 0.05) is 30.4 Å². The molecule has 0 saturated heterocycles. The van der Waals surface area contributed by atoms with Gasteiger partial charge in [-0.3, -0.25) is 4.79 Å². The number of aryl methyl sites for hydroxylation is 1. The fourth-order valence-electron chi connectivity index (χ4n) is 2.45. The fourth-order valence-corrected chi connectivity index (χ4v) is 2.45. The fraction of sp³-hybridized carbons (Fsp3) is 0.294. The van der Waals surface area contributed by atoms with Gasteiger partial charge in [0.1, 0.15) is 18.2 Å². The van der Waals surface area contributed by atoms with Crippen LogP contribution in [0.25, 0.3) is 5.78 Å². The molecule has 0 fully saturated rings. The second kappa shape index (κ2) is 7.71. The van der Waals surface area contributed by atoms with Crippen molar-refractivity contribution in [3.05, 3.63) is 41.9 Å². The Bertz CT molecular complexity index is 1000. The van der Waals surface area contributed by atoms with Gasteiger partial charge in [0.15, 0.2) is 0 Å². The van der Waals surface area contributed by atoms with Crippen molar-refractivity contribution in [2.24, 2.45) is 0 Å². The van der Waals surface area contributed by atoms with E-state index >= 15 is 0 Å². The lowest BCUT2D eigenvalue weighted by molar-refractivity contribution is -0.144. The molecule has 11 heteroatoms. The molecule has 2 aromatic heterocycles. The van der Waals surface area contributed by atoms with Gasteiger partial charge in [-0.2, -0.15) is 22.7 Å². The van der Waals surface area contributed by atoms with Crippen molar-refractivity contribution < 1.29 is 22.7 Å². The Morgan fingerprint density at radius 3 is 2.75 bits per heavy atom. The van der Waals surface area contributed by atoms with Crippen LogP contribution in [0.4, 0.5) is 24.7 Å². The number of carbonyl (C=O) groups is 1. The quantitative estimate of drug-likeness (QED) is 0.625. The number of alkyl halides is 3. The Kier molecular flexibility index (Phi) is 5.34. The standard InChI is InChI=1S/C17H17F3N6O2/c1-10-8-14(26-16(22-10)24-15(25-26)17(18,19)20)21-6-7-28-13-5-3-4-12(9-13)23-11(2)27/h3-5,8-9,21H,6-7H2,1-2H3,(H,23,27). The van der Waals surface area contributed by atoms with E-state index in [9.17, 15) is 18.0 Å². The number of aromatic nitrogens is 4. The highest BCUT2D eigenvalue weighted by Gasteiger charge is 2.36. The third-order valence-electron chi connectivity index (χ3n) is 3.53. The summed E-state index contributed by atoms with van der Waals surface area (Å²) in [4.78, 5) is 18.5. The summed E-state index contributed by atoms with van der Waals surface area (Å²) in [7, 11) is 0. The van der Waals surface area contributed by atoms with Gasteiger partial charge >= 0.3 is 6.18 Å². The third kappa shape index (κ3) is 4.67. The summed E-state index contributed by atoms with van der Waals surface area (Å²) < 4.78 is 45.1. The number of halogens is 3. The molecular formula is C17H17F3N6O2. The molecule has 28 heavy (non-hydrogen) atoms. The number of benzene rings is 1. The summed E-state index contributed by atoms with van der Waals surface area (Å²) in [5, 5.41) is 9.09. The molecule has 3 aromatic rings. The van der Waals surface area contributed by atoms with Crippen molar-refractivity contribution in [2.75, 3.05) is 23.8 Å². The van der Waals surface area contributed by atoms with Crippen LogP contribution in [0.5, 0.6) is 5.75 Å². The summed E-state index contributed by atoms with van der Waals surface area (Å²) in [6, 6.07) is 8.43. The molecule has 2 heterocycles. The Labute approximate surface area is 157 Å². The molecule has 1 amide bonds. The molecule has 0 unspecified atom stereocenters. The molecule has 8 nitrogen and oxygen atoms in total. The minimum absolute atomic E-state index is 0.140. The van der Waals surface area contributed by atoms with E-state index in [0.717, 1.165) is 4.52 Å². The lowest BCUT2D eigenvalue weighted by atomic mass is 10.3. The molecular weight excluding hydrogens is 377 g/mol. The van der Waals surface area contributed by atoms with Crippen molar-refractivity contribution in [3.63, 3.8) is 0 Å². The number of hydrogen-bond donors (Lipinski definition) is 2. The number of nitrogens with zero attached hydrogens (tertiary/aromatic N) is 4. The molecule has 0 spiro atoms. The minimum atomic E-state index is -4.65. The molecule has 0 saturated carbocycles. The van der Waals surface area contributed by atoms with Gasteiger partial charge in [-0.05, 0) is 19.1 Å². The SMILES string of the molecule is CC(=O)Nc1cccc(OCCNc2cc(C)nc3nc(C(F)(F)F)nn23)c1. The van der Waals surface area contributed by atoms with Crippen LogP contribution in [-0.4, -0.2) is 38.6 Å². The Balaban J connectivity index is 1.66. The van der Waals surface area contributed by atoms with Crippen LogP contribution in [0.15, 0.2) is 30.3 Å². The monoisotopic (exact) mass is 394 g/mol. The van der Waals surface area contributed by atoms with E-state index in [1.165, 1.54) is 6.92 Å². The lowest BCUT2D eigenvalue weighted by Gasteiger charge is -2.11. The Morgan fingerprint density at radius 1 is 1.25 bits per heavy atom. The van der Waals surface area contributed by atoms with E-state index in [1.807, 2.05) is 0 Å². The van der Waals surface area contributed by atoms with E-state index in [2.05, 4.69) is 25.7 Å². The van der Waals surface area contributed by atoms with Gasteiger partial charge in [0.2, 0.25) is 5.91 Å². The highest BCUT2D eigenvalue weighted by molar-refractivity contribution is 5.88. The summed E-state index contributed by atoms with van der Waals surface area (Å²) >= 11 is 0. The van der Waals surface area contributed by atoms with Crippen molar-refractivity contribution in [2.45, 2.75) is 20.0 Å². The zero-order valence-corrected chi connectivity index (χ0v) is 15.0. The van der Waals surface area contributed by atoms with Gasteiger partial charge in [0.25, 0.3) is 11.6 Å². The first-order valence-electron chi connectivity index (χ1n) is 8.28. The van der Waals surface area contributed by atoms with E-state index < -0.39 is 12.0 Å². The average Bonchev–Trinajstić information content (AvgIpc) is 3.02. The molecule has 148 valence electrons. The largest absolute Gasteiger partial charge is 0.492 e. The van der Waals surface area contributed by atoms with Gasteiger partial charge in [-0.1, -0.05) is 6.07 Å². The first-order chi connectivity index (χ1) is 13.2. The first kappa shape index (κ1) is 19.4. The van der Waals surface area contributed by atoms with E-state index in [4.69, 9.17) is 4.74 Å². The van der Waals surface area contributed by atoms with Gasteiger partial charge in [-0.15, -0.1) is 5.10 Å². The topological polar surface area (TPSA) is 93.4 Å². The van der Waals surface area contributed by atoms with Crippen molar-refractivity contribution in [1.29, 1.82) is 0 Å². The zero-order valence-electron chi connectivity index (χ0n) is 15.0.